The lowest BCUT2D eigenvalue weighted by Crippen LogP contribution is -2.52. The maximum atomic E-state index is 11.8. The number of carboxylic acid groups (broad SMARTS) is 1. The van der Waals surface area contributed by atoms with Crippen molar-refractivity contribution in [1.29, 1.82) is 0 Å². The predicted octanol–water partition coefficient (Wildman–Crippen LogP) is -0.0196. The topological polar surface area (TPSA) is 105 Å². The Kier molecular flexibility index (Phi) is 4.46. The van der Waals surface area contributed by atoms with Crippen LogP contribution in [0.25, 0.3) is 0 Å². The van der Waals surface area contributed by atoms with Crippen LogP contribution in [0, 0.1) is 12.3 Å². The van der Waals surface area contributed by atoms with Gasteiger partial charge >= 0.3 is 12.0 Å². The van der Waals surface area contributed by atoms with Gasteiger partial charge in [-0.25, -0.2) is 4.79 Å². The van der Waals surface area contributed by atoms with Crippen LogP contribution in [-0.4, -0.2) is 52.7 Å². The second-order valence-electron chi connectivity index (χ2n) is 5.47. The van der Waals surface area contributed by atoms with Crippen molar-refractivity contribution in [1.82, 2.24) is 20.4 Å². The molecule has 0 spiro atoms. The van der Waals surface area contributed by atoms with E-state index in [-0.39, 0.29) is 13.2 Å². The van der Waals surface area contributed by atoms with E-state index in [9.17, 15) is 14.7 Å². The van der Waals surface area contributed by atoms with Gasteiger partial charge in [-0.2, -0.15) is 5.10 Å². The fourth-order valence-corrected chi connectivity index (χ4v) is 2.17. The van der Waals surface area contributed by atoms with Gasteiger partial charge in [0.25, 0.3) is 0 Å². The zero-order chi connectivity index (χ0) is 15.5. The third kappa shape index (κ3) is 3.52. The second-order valence-corrected chi connectivity index (χ2v) is 5.47. The van der Waals surface area contributed by atoms with Crippen LogP contribution in [0.1, 0.15) is 12.5 Å². The van der Waals surface area contributed by atoms with Gasteiger partial charge in [0.15, 0.2) is 0 Å². The number of amides is 2. The summed E-state index contributed by atoms with van der Waals surface area (Å²) in [5, 5.41) is 18.7. The molecular formula is C13H20N4O4. The van der Waals surface area contributed by atoms with Crippen molar-refractivity contribution in [3.63, 3.8) is 0 Å². The summed E-state index contributed by atoms with van der Waals surface area (Å²) in [5.41, 5.74) is -0.0315. The highest BCUT2D eigenvalue weighted by Gasteiger charge is 2.47. The number of nitrogens with zero attached hydrogens (tertiary/aromatic N) is 2. The largest absolute Gasteiger partial charge is 0.481 e. The number of ether oxygens (including phenoxy) is 1. The van der Waals surface area contributed by atoms with E-state index < -0.39 is 23.5 Å². The quantitative estimate of drug-likeness (QED) is 0.708. The van der Waals surface area contributed by atoms with Crippen molar-refractivity contribution in [2.45, 2.75) is 26.4 Å². The average Bonchev–Trinajstić information content (AvgIpc) is 2.98. The first kappa shape index (κ1) is 15.3. The van der Waals surface area contributed by atoms with Crippen LogP contribution in [0.2, 0.25) is 0 Å². The van der Waals surface area contributed by atoms with Crippen LogP contribution in [0.15, 0.2) is 12.4 Å². The minimum atomic E-state index is -1.09. The smallest absolute Gasteiger partial charge is 0.315 e. The summed E-state index contributed by atoms with van der Waals surface area (Å²) in [6, 6.07) is -0.941. The van der Waals surface area contributed by atoms with Gasteiger partial charge in [-0.1, -0.05) is 0 Å². The SMILES string of the molecule is Cc1cnn(CCNC(=O)NC2COCC2(C)C(=O)O)c1. The molecular weight excluding hydrogens is 276 g/mol. The molecule has 1 saturated heterocycles. The molecule has 3 N–H and O–H groups in total. The average molecular weight is 296 g/mol. The number of rotatable bonds is 5. The lowest BCUT2D eigenvalue weighted by atomic mass is 9.85. The molecule has 2 rings (SSSR count). The number of carbonyl (C=O) groups is 2. The molecule has 0 saturated carbocycles. The number of carbonyl (C=O) groups excluding carboxylic acids is 1. The number of aryl methyl sites for hydroxylation is 1. The predicted molar refractivity (Wildman–Crippen MR) is 73.8 cm³/mol. The van der Waals surface area contributed by atoms with E-state index in [1.807, 2.05) is 13.1 Å². The number of nitrogens with one attached hydrogen (secondary N) is 2. The molecule has 2 amide bonds. The molecule has 2 heterocycles. The molecule has 1 aliphatic rings. The molecule has 8 nitrogen and oxygen atoms in total. The fourth-order valence-electron chi connectivity index (χ4n) is 2.17. The van der Waals surface area contributed by atoms with Gasteiger partial charge < -0.3 is 20.5 Å². The highest BCUT2D eigenvalue weighted by atomic mass is 16.5. The molecule has 1 aromatic rings. The minimum Gasteiger partial charge on any atom is -0.481 e. The maximum Gasteiger partial charge on any atom is 0.315 e. The third-order valence-electron chi connectivity index (χ3n) is 3.64. The highest BCUT2D eigenvalue weighted by Crippen LogP contribution is 2.28. The Bertz CT molecular complexity index is 530. The summed E-state index contributed by atoms with van der Waals surface area (Å²) in [4.78, 5) is 23.1. The molecule has 2 atom stereocenters. The van der Waals surface area contributed by atoms with Gasteiger partial charge in [0, 0.05) is 12.7 Å². The van der Waals surface area contributed by atoms with Crippen LogP contribution in [0.5, 0.6) is 0 Å². The summed E-state index contributed by atoms with van der Waals surface area (Å²) in [5.74, 6) is -0.975. The van der Waals surface area contributed by atoms with E-state index in [0.29, 0.717) is 13.1 Å². The molecule has 0 aliphatic carbocycles. The Morgan fingerprint density at radius 3 is 3.00 bits per heavy atom. The van der Waals surface area contributed by atoms with Crippen molar-refractivity contribution < 1.29 is 19.4 Å². The molecule has 2 unspecified atom stereocenters. The zero-order valence-electron chi connectivity index (χ0n) is 12.1. The highest BCUT2D eigenvalue weighted by molar-refractivity contribution is 5.79. The second kappa shape index (κ2) is 6.13. The van der Waals surface area contributed by atoms with Gasteiger partial charge in [0.05, 0.1) is 32.0 Å². The zero-order valence-corrected chi connectivity index (χ0v) is 12.1. The molecule has 0 aromatic carbocycles. The van der Waals surface area contributed by atoms with E-state index in [0.717, 1.165) is 5.56 Å². The van der Waals surface area contributed by atoms with Crippen molar-refractivity contribution in [2.75, 3.05) is 19.8 Å². The first-order chi connectivity index (χ1) is 9.91. The Hall–Kier alpha value is -2.09. The Balaban J connectivity index is 1.78. The maximum absolute atomic E-state index is 11.8. The normalized spacial score (nSPS) is 24.8. The third-order valence-corrected chi connectivity index (χ3v) is 3.64. The number of carboxylic acids is 1. The van der Waals surface area contributed by atoms with Crippen LogP contribution >= 0.6 is 0 Å². The van der Waals surface area contributed by atoms with Crippen LogP contribution in [0.3, 0.4) is 0 Å². The Labute approximate surface area is 122 Å². The summed E-state index contributed by atoms with van der Waals surface area (Å²) in [7, 11) is 0. The van der Waals surface area contributed by atoms with E-state index in [1.165, 1.54) is 0 Å². The number of hydrogen-bond donors (Lipinski definition) is 3. The van der Waals surface area contributed by atoms with Crippen LogP contribution < -0.4 is 10.6 Å². The van der Waals surface area contributed by atoms with Crippen LogP contribution in [-0.2, 0) is 16.1 Å². The number of hydrogen-bond acceptors (Lipinski definition) is 4. The summed E-state index contributed by atoms with van der Waals surface area (Å²) in [6.07, 6.45) is 3.63. The van der Waals surface area contributed by atoms with E-state index >= 15 is 0 Å². The van der Waals surface area contributed by atoms with Crippen molar-refractivity contribution in [3.05, 3.63) is 18.0 Å². The Morgan fingerprint density at radius 1 is 1.62 bits per heavy atom. The van der Waals surface area contributed by atoms with Crippen molar-refractivity contribution in [2.24, 2.45) is 5.41 Å². The molecule has 1 aromatic heterocycles. The van der Waals surface area contributed by atoms with E-state index in [1.54, 1.807) is 17.8 Å². The van der Waals surface area contributed by atoms with Gasteiger partial charge in [-0.15, -0.1) is 0 Å². The summed E-state index contributed by atoms with van der Waals surface area (Å²) >= 11 is 0. The first-order valence-corrected chi connectivity index (χ1v) is 6.76. The first-order valence-electron chi connectivity index (χ1n) is 6.76. The van der Waals surface area contributed by atoms with Gasteiger partial charge in [0.1, 0.15) is 5.41 Å². The summed E-state index contributed by atoms with van der Waals surface area (Å²) in [6.45, 7) is 4.77. The number of aromatic nitrogens is 2. The Morgan fingerprint density at radius 2 is 2.38 bits per heavy atom. The molecule has 0 bridgehead atoms. The van der Waals surface area contributed by atoms with E-state index in [4.69, 9.17) is 4.74 Å². The minimum absolute atomic E-state index is 0.0971. The van der Waals surface area contributed by atoms with Crippen LogP contribution in [0.4, 0.5) is 4.79 Å². The van der Waals surface area contributed by atoms with E-state index in [2.05, 4.69) is 15.7 Å². The van der Waals surface area contributed by atoms with Gasteiger partial charge in [0.2, 0.25) is 0 Å². The standard InChI is InChI=1S/C13H20N4O4/c1-9-5-15-17(6-9)4-3-14-12(20)16-10-7-21-8-13(10,2)11(18)19/h5-6,10H,3-4,7-8H2,1-2H3,(H,18,19)(H2,14,16,20). The summed E-state index contributed by atoms with van der Waals surface area (Å²) < 4.78 is 6.91. The molecule has 0 radical (unpaired) electrons. The molecule has 1 aliphatic heterocycles. The lowest BCUT2D eigenvalue weighted by Gasteiger charge is -2.25. The molecule has 21 heavy (non-hydrogen) atoms. The van der Waals surface area contributed by atoms with Crippen molar-refractivity contribution >= 4 is 12.0 Å². The number of aliphatic carboxylic acids is 1. The van der Waals surface area contributed by atoms with Crippen molar-refractivity contribution in [3.8, 4) is 0 Å². The molecule has 1 fully saturated rings. The van der Waals surface area contributed by atoms with Gasteiger partial charge in [-0.05, 0) is 19.4 Å². The molecule has 8 heteroatoms. The lowest BCUT2D eigenvalue weighted by molar-refractivity contribution is -0.148. The fraction of sp³-hybridized carbons (Fsp3) is 0.615. The number of urea groups is 1. The molecule has 116 valence electrons. The monoisotopic (exact) mass is 296 g/mol. The van der Waals surface area contributed by atoms with Gasteiger partial charge in [-0.3, -0.25) is 9.48 Å².